The Balaban J connectivity index is 2.07. The molecule has 1 unspecified atom stereocenters. The van der Waals surface area contributed by atoms with Gasteiger partial charge in [0, 0.05) is 13.1 Å². The summed E-state index contributed by atoms with van der Waals surface area (Å²) in [6, 6.07) is 1.40. The first-order valence-electron chi connectivity index (χ1n) is 8.56. The minimum atomic E-state index is -0.363. The van der Waals surface area contributed by atoms with Gasteiger partial charge < -0.3 is 14.6 Å². The van der Waals surface area contributed by atoms with Crippen LogP contribution in [0.1, 0.15) is 61.4 Å². The van der Waals surface area contributed by atoms with Gasteiger partial charge in [0.2, 0.25) is 5.91 Å². The van der Waals surface area contributed by atoms with Crippen molar-refractivity contribution < 1.29 is 14.0 Å². The van der Waals surface area contributed by atoms with E-state index in [4.69, 9.17) is 4.42 Å². The summed E-state index contributed by atoms with van der Waals surface area (Å²) in [7, 11) is 0. The average molecular weight is 320 g/mol. The van der Waals surface area contributed by atoms with Crippen molar-refractivity contribution in [1.82, 2.24) is 10.2 Å². The Morgan fingerprint density at radius 1 is 1.35 bits per heavy atom. The lowest BCUT2D eigenvalue weighted by atomic mass is 10.00. The molecule has 5 nitrogen and oxygen atoms in total. The Morgan fingerprint density at radius 3 is 2.70 bits per heavy atom. The fourth-order valence-electron chi connectivity index (χ4n) is 3.05. The van der Waals surface area contributed by atoms with Gasteiger partial charge in [-0.25, -0.2) is 0 Å². The van der Waals surface area contributed by atoms with Crippen LogP contribution in [0.5, 0.6) is 0 Å². The summed E-state index contributed by atoms with van der Waals surface area (Å²) in [5.41, 5.74) is 0.574. The lowest BCUT2D eigenvalue weighted by Crippen LogP contribution is -2.52. The second kappa shape index (κ2) is 7.66. The van der Waals surface area contributed by atoms with Crippen LogP contribution < -0.4 is 5.32 Å². The van der Waals surface area contributed by atoms with Gasteiger partial charge in [0.05, 0.1) is 5.56 Å². The minimum absolute atomic E-state index is 0.0310. The van der Waals surface area contributed by atoms with Crippen LogP contribution in [0, 0.1) is 19.8 Å². The molecule has 2 amide bonds. The molecule has 1 N–H and O–H groups in total. The highest BCUT2D eigenvalue weighted by molar-refractivity contribution is 5.98. The van der Waals surface area contributed by atoms with Gasteiger partial charge in [-0.05, 0) is 51.5 Å². The molecule has 1 aromatic heterocycles. The van der Waals surface area contributed by atoms with Crippen LogP contribution in [-0.4, -0.2) is 35.8 Å². The van der Waals surface area contributed by atoms with E-state index in [0.29, 0.717) is 30.3 Å². The second-order valence-electron chi connectivity index (χ2n) is 6.81. The lowest BCUT2D eigenvalue weighted by molar-refractivity contribution is -0.126. The van der Waals surface area contributed by atoms with E-state index in [0.717, 1.165) is 31.4 Å². The molecule has 0 spiro atoms. The summed E-state index contributed by atoms with van der Waals surface area (Å²) in [6.45, 7) is 9.18. The maximum absolute atomic E-state index is 12.8. The summed E-state index contributed by atoms with van der Waals surface area (Å²) >= 11 is 0. The van der Waals surface area contributed by atoms with Crippen LogP contribution >= 0.6 is 0 Å². The highest BCUT2D eigenvalue weighted by Crippen LogP contribution is 2.23. The number of piperidine rings is 1. The molecule has 23 heavy (non-hydrogen) atoms. The predicted octanol–water partition coefficient (Wildman–Crippen LogP) is 3.05. The van der Waals surface area contributed by atoms with Crippen molar-refractivity contribution in [3.63, 3.8) is 0 Å². The molecule has 1 atom stereocenters. The smallest absolute Gasteiger partial charge is 0.258 e. The number of nitrogens with one attached hydrogen (secondary N) is 1. The van der Waals surface area contributed by atoms with Crippen LogP contribution in [-0.2, 0) is 4.79 Å². The Hall–Kier alpha value is -1.78. The number of carbonyl (C=O) groups is 2. The van der Waals surface area contributed by atoms with Crippen molar-refractivity contribution in [1.29, 1.82) is 0 Å². The molecule has 2 heterocycles. The van der Waals surface area contributed by atoms with Crippen LogP contribution in [0.2, 0.25) is 0 Å². The zero-order chi connectivity index (χ0) is 17.0. The number of likely N-dealkylation sites (tertiary alicyclic amines) is 1. The fraction of sp³-hybridized carbons (Fsp3) is 0.667. The van der Waals surface area contributed by atoms with Crippen molar-refractivity contribution in [2.75, 3.05) is 13.1 Å². The molecule has 0 aliphatic carbocycles. The maximum Gasteiger partial charge on any atom is 0.258 e. The van der Waals surface area contributed by atoms with Gasteiger partial charge in [0.15, 0.2) is 0 Å². The largest absolute Gasteiger partial charge is 0.466 e. The van der Waals surface area contributed by atoms with E-state index in [2.05, 4.69) is 19.2 Å². The van der Waals surface area contributed by atoms with Crippen molar-refractivity contribution in [3.05, 3.63) is 23.2 Å². The molecule has 0 aromatic carbocycles. The molecule has 128 valence electrons. The molecular formula is C18H28N2O3. The van der Waals surface area contributed by atoms with Crippen molar-refractivity contribution in [2.45, 2.75) is 59.4 Å². The van der Waals surface area contributed by atoms with Gasteiger partial charge in [-0.2, -0.15) is 0 Å². The maximum atomic E-state index is 12.8. The molecule has 1 aliphatic heterocycles. The first kappa shape index (κ1) is 17.6. The molecule has 0 bridgehead atoms. The van der Waals surface area contributed by atoms with Crippen molar-refractivity contribution in [3.8, 4) is 0 Å². The topological polar surface area (TPSA) is 62.6 Å². The summed E-state index contributed by atoms with van der Waals surface area (Å²) in [5.74, 6) is 1.77. The zero-order valence-corrected chi connectivity index (χ0v) is 14.6. The Kier molecular flexibility index (Phi) is 5.85. The first-order chi connectivity index (χ1) is 10.9. The van der Waals surface area contributed by atoms with Gasteiger partial charge >= 0.3 is 0 Å². The van der Waals surface area contributed by atoms with Crippen LogP contribution in [0.3, 0.4) is 0 Å². The lowest BCUT2D eigenvalue weighted by Gasteiger charge is -2.34. The summed E-state index contributed by atoms with van der Waals surface area (Å²) < 4.78 is 5.47. The van der Waals surface area contributed by atoms with E-state index in [9.17, 15) is 9.59 Å². The number of aryl methyl sites for hydroxylation is 2. The highest BCUT2D eigenvalue weighted by atomic mass is 16.3. The Labute approximate surface area is 138 Å². The molecule has 2 rings (SSSR count). The number of nitrogens with zero attached hydrogens (tertiary/aromatic N) is 1. The number of hydrogen-bond acceptors (Lipinski definition) is 3. The molecule has 0 radical (unpaired) electrons. The monoisotopic (exact) mass is 320 g/mol. The van der Waals surface area contributed by atoms with Gasteiger partial charge in [-0.1, -0.05) is 13.8 Å². The van der Waals surface area contributed by atoms with Crippen LogP contribution in [0.4, 0.5) is 0 Å². The number of rotatable bonds is 5. The second-order valence-corrected chi connectivity index (χ2v) is 6.81. The number of furan rings is 1. The highest BCUT2D eigenvalue weighted by Gasteiger charge is 2.33. The quantitative estimate of drug-likeness (QED) is 0.907. The van der Waals surface area contributed by atoms with E-state index >= 15 is 0 Å². The third kappa shape index (κ3) is 4.36. The summed E-state index contributed by atoms with van der Waals surface area (Å²) in [4.78, 5) is 27.0. The summed E-state index contributed by atoms with van der Waals surface area (Å²) in [6.07, 6.45) is 3.61. The molecule has 1 aliphatic rings. The number of amides is 2. The van der Waals surface area contributed by atoms with Crippen molar-refractivity contribution in [2.24, 2.45) is 5.92 Å². The molecule has 0 saturated carbocycles. The van der Waals surface area contributed by atoms with E-state index in [-0.39, 0.29) is 17.9 Å². The number of carbonyl (C=O) groups excluding carboxylic acids is 2. The minimum Gasteiger partial charge on any atom is -0.466 e. The predicted molar refractivity (Wildman–Crippen MR) is 89.3 cm³/mol. The number of hydrogen-bond donors (Lipinski definition) is 1. The third-order valence-corrected chi connectivity index (χ3v) is 4.36. The van der Waals surface area contributed by atoms with Crippen molar-refractivity contribution >= 4 is 11.8 Å². The third-order valence-electron chi connectivity index (χ3n) is 4.36. The Bertz CT molecular complexity index is 563. The molecule has 5 heteroatoms. The summed E-state index contributed by atoms with van der Waals surface area (Å²) in [5, 5.41) is 2.98. The molecular weight excluding hydrogens is 292 g/mol. The van der Waals surface area contributed by atoms with Crippen LogP contribution in [0.15, 0.2) is 10.5 Å². The first-order valence-corrected chi connectivity index (χ1v) is 8.56. The average Bonchev–Trinajstić information content (AvgIpc) is 2.84. The normalized spacial score (nSPS) is 18.3. The van der Waals surface area contributed by atoms with E-state index in [1.165, 1.54) is 0 Å². The standard InChI is InChI=1S/C18H28N2O3/c1-12(2)8-9-19-17(21)16-7-5-6-10-20(16)18(22)15-11-13(3)23-14(15)4/h11-12,16H,5-10H2,1-4H3,(H,19,21). The van der Waals surface area contributed by atoms with E-state index in [1.54, 1.807) is 17.9 Å². The van der Waals surface area contributed by atoms with E-state index in [1.807, 2.05) is 6.92 Å². The molecule has 1 aromatic rings. The SMILES string of the molecule is Cc1cc(C(=O)N2CCCCC2C(=O)NCCC(C)C)c(C)o1. The van der Waals surface area contributed by atoms with Gasteiger partial charge in [0.1, 0.15) is 17.6 Å². The van der Waals surface area contributed by atoms with Crippen LogP contribution in [0.25, 0.3) is 0 Å². The fourth-order valence-corrected chi connectivity index (χ4v) is 3.05. The van der Waals surface area contributed by atoms with Gasteiger partial charge in [-0.3, -0.25) is 9.59 Å². The van der Waals surface area contributed by atoms with E-state index < -0.39 is 0 Å². The molecule has 1 saturated heterocycles. The zero-order valence-electron chi connectivity index (χ0n) is 14.6. The van der Waals surface area contributed by atoms with Gasteiger partial charge in [-0.15, -0.1) is 0 Å². The van der Waals surface area contributed by atoms with Gasteiger partial charge in [0.25, 0.3) is 5.91 Å². The molecule has 1 fully saturated rings. The Morgan fingerprint density at radius 2 is 2.09 bits per heavy atom.